The summed E-state index contributed by atoms with van der Waals surface area (Å²) >= 11 is 0. The van der Waals surface area contributed by atoms with E-state index in [1.807, 2.05) is 30.3 Å². The third kappa shape index (κ3) is 4.13. The van der Waals surface area contributed by atoms with E-state index in [9.17, 15) is 9.90 Å². The number of benzene rings is 1. The number of carbonyl (C=O) groups excluding carboxylic acids is 1. The molecule has 3 nitrogen and oxygen atoms in total. The van der Waals surface area contributed by atoms with Gasteiger partial charge < -0.3 is 9.84 Å². The predicted molar refractivity (Wildman–Crippen MR) is 57.4 cm³/mol. The second-order valence-electron chi connectivity index (χ2n) is 3.42. The van der Waals surface area contributed by atoms with Crippen molar-refractivity contribution in [1.29, 1.82) is 0 Å². The molecule has 82 valence electrons. The Morgan fingerprint density at radius 1 is 1.40 bits per heavy atom. The molecule has 0 fully saturated rings. The maximum Gasteiger partial charge on any atom is 0.334 e. The average Bonchev–Trinajstić information content (AvgIpc) is 2.29. The van der Waals surface area contributed by atoms with E-state index >= 15 is 0 Å². The Hall–Kier alpha value is -1.35. The zero-order chi connectivity index (χ0) is 11.1. The molecule has 0 aromatic heterocycles. The van der Waals surface area contributed by atoms with E-state index in [0.717, 1.165) is 12.8 Å². The van der Waals surface area contributed by atoms with Gasteiger partial charge in [-0.05, 0) is 24.8 Å². The second kappa shape index (κ2) is 6.19. The highest BCUT2D eigenvalue weighted by Gasteiger charge is 2.13. The van der Waals surface area contributed by atoms with Gasteiger partial charge in [0.2, 0.25) is 0 Å². The minimum Gasteiger partial charge on any atom is -0.467 e. The summed E-state index contributed by atoms with van der Waals surface area (Å²) in [7, 11) is 1.28. The van der Waals surface area contributed by atoms with Crippen LogP contribution in [0.1, 0.15) is 18.4 Å². The molecular weight excluding hydrogens is 192 g/mol. The number of hydrogen-bond donors (Lipinski definition) is 1. The lowest BCUT2D eigenvalue weighted by Crippen LogP contribution is -2.21. The van der Waals surface area contributed by atoms with Gasteiger partial charge in [-0.3, -0.25) is 0 Å². The van der Waals surface area contributed by atoms with Crippen LogP contribution in [0.5, 0.6) is 0 Å². The monoisotopic (exact) mass is 208 g/mol. The molecule has 15 heavy (non-hydrogen) atoms. The smallest absolute Gasteiger partial charge is 0.334 e. The lowest BCUT2D eigenvalue weighted by Gasteiger charge is -2.07. The molecule has 0 radical (unpaired) electrons. The average molecular weight is 208 g/mol. The van der Waals surface area contributed by atoms with Crippen LogP contribution in [0.15, 0.2) is 30.3 Å². The van der Waals surface area contributed by atoms with Crippen molar-refractivity contribution in [2.24, 2.45) is 0 Å². The van der Waals surface area contributed by atoms with Gasteiger partial charge in [-0.1, -0.05) is 30.3 Å². The fourth-order valence-corrected chi connectivity index (χ4v) is 1.40. The highest BCUT2D eigenvalue weighted by molar-refractivity contribution is 5.74. The van der Waals surface area contributed by atoms with Crippen LogP contribution in [0.4, 0.5) is 0 Å². The summed E-state index contributed by atoms with van der Waals surface area (Å²) in [6.45, 7) is 0. The van der Waals surface area contributed by atoms with Crippen molar-refractivity contribution in [2.75, 3.05) is 7.11 Å². The first-order chi connectivity index (χ1) is 7.24. The van der Waals surface area contributed by atoms with Gasteiger partial charge in [0.1, 0.15) is 0 Å². The molecule has 0 aliphatic heterocycles. The summed E-state index contributed by atoms with van der Waals surface area (Å²) in [5.41, 5.74) is 1.22. The van der Waals surface area contributed by atoms with Crippen LogP contribution < -0.4 is 0 Å². The molecule has 3 heteroatoms. The highest BCUT2D eigenvalue weighted by atomic mass is 16.5. The third-order valence-corrected chi connectivity index (χ3v) is 2.26. The van der Waals surface area contributed by atoms with Crippen LogP contribution in [0.25, 0.3) is 0 Å². The van der Waals surface area contributed by atoms with E-state index in [-0.39, 0.29) is 0 Å². The molecule has 1 atom stereocenters. The van der Waals surface area contributed by atoms with Crippen molar-refractivity contribution < 1.29 is 14.6 Å². The van der Waals surface area contributed by atoms with Crippen LogP contribution in [-0.4, -0.2) is 24.3 Å². The fourth-order valence-electron chi connectivity index (χ4n) is 1.40. The predicted octanol–water partition coefficient (Wildman–Crippen LogP) is 1.54. The molecule has 0 bridgehead atoms. The lowest BCUT2D eigenvalue weighted by molar-refractivity contribution is -0.150. The molecule has 0 aliphatic carbocycles. The van der Waals surface area contributed by atoms with Gasteiger partial charge in [-0.25, -0.2) is 4.79 Å². The molecule has 1 aromatic carbocycles. The summed E-state index contributed by atoms with van der Waals surface area (Å²) in [4.78, 5) is 10.9. The normalized spacial score (nSPS) is 12.1. The molecule has 0 amide bonds. The van der Waals surface area contributed by atoms with Gasteiger partial charge in [0, 0.05) is 0 Å². The number of carbonyl (C=O) groups is 1. The molecule has 0 spiro atoms. The maximum absolute atomic E-state index is 10.9. The van der Waals surface area contributed by atoms with Gasteiger partial charge >= 0.3 is 5.97 Å². The SMILES string of the molecule is COC(=O)C(O)CCCc1ccccc1. The number of methoxy groups -OCH3 is 1. The Balaban J connectivity index is 2.25. The zero-order valence-corrected chi connectivity index (χ0v) is 8.85. The lowest BCUT2D eigenvalue weighted by atomic mass is 10.1. The second-order valence-corrected chi connectivity index (χ2v) is 3.42. The Kier molecular flexibility index (Phi) is 4.84. The van der Waals surface area contributed by atoms with E-state index in [4.69, 9.17) is 0 Å². The van der Waals surface area contributed by atoms with E-state index in [1.54, 1.807) is 0 Å². The number of aryl methyl sites for hydroxylation is 1. The molecule has 1 N–H and O–H groups in total. The molecule has 1 rings (SSSR count). The molecular formula is C12H16O3. The number of ether oxygens (including phenoxy) is 1. The number of aliphatic hydroxyl groups excluding tert-OH is 1. The van der Waals surface area contributed by atoms with Crippen LogP contribution >= 0.6 is 0 Å². The van der Waals surface area contributed by atoms with Crippen LogP contribution in [0.2, 0.25) is 0 Å². The topological polar surface area (TPSA) is 46.5 Å². The van der Waals surface area contributed by atoms with Gasteiger partial charge in [0.25, 0.3) is 0 Å². The Morgan fingerprint density at radius 2 is 2.07 bits per heavy atom. The number of rotatable bonds is 5. The first-order valence-corrected chi connectivity index (χ1v) is 5.04. The minimum absolute atomic E-state index is 0.446. The van der Waals surface area contributed by atoms with Crippen molar-refractivity contribution in [3.8, 4) is 0 Å². The molecule has 1 unspecified atom stereocenters. The molecule has 1 aromatic rings. The van der Waals surface area contributed by atoms with Crippen molar-refractivity contribution >= 4 is 5.97 Å². The van der Waals surface area contributed by atoms with Crippen LogP contribution in [0, 0.1) is 0 Å². The summed E-state index contributed by atoms with van der Waals surface area (Å²) in [5, 5.41) is 9.32. The van der Waals surface area contributed by atoms with Crippen molar-refractivity contribution in [3.63, 3.8) is 0 Å². The largest absolute Gasteiger partial charge is 0.467 e. The zero-order valence-electron chi connectivity index (χ0n) is 8.85. The standard InChI is InChI=1S/C12H16O3/c1-15-12(14)11(13)9-5-8-10-6-3-2-4-7-10/h2-4,6-7,11,13H,5,8-9H2,1H3. The summed E-state index contributed by atoms with van der Waals surface area (Å²) < 4.78 is 4.43. The summed E-state index contributed by atoms with van der Waals surface area (Å²) in [5.74, 6) is -0.553. The van der Waals surface area contributed by atoms with E-state index < -0.39 is 12.1 Å². The molecule has 0 aliphatic rings. The first kappa shape index (κ1) is 11.7. The number of aliphatic hydroxyl groups is 1. The van der Waals surface area contributed by atoms with Gasteiger partial charge in [0.15, 0.2) is 6.10 Å². The first-order valence-electron chi connectivity index (χ1n) is 5.04. The molecule has 0 saturated heterocycles. The van der Waals surface area contributed by atoms with Crippen LogP contribution in [0.3, 0.4) is 0 Å². The quantitative estimate of drug-likeness (QED) is 0.747. The van der Waals surface area contributed by atoms with Gasteiger partial charge in [-0.15, -0.1) is 0 Å². The van der Waals surface area contributed by atoms with Gasteiger partial charge in [-0.2, -0.15) is 0 Å². The van der Waals surface area contributed by atoms with Crippen molar-refractivity contribution in [2.45, 2.75) is 25.4 Å². The summed E-state index contributed by atoms with van der Waals surface area (Å²) in [6, 6.07) is 9.99. The number of esters is 1. The fraction of sp³-hybridized carbons (Fsp3) is 0.417. The minimum atomic E-state index is -0.987. The van der Waals surface area contributed by atoms with E-state index in [0.29, 0.717) is 6.42 Å². The summed E-state index contributed by atoms with van der Waals surface area (Å²) in [6.07, 6.45) is 1.11. The Bertz CT molecular complexity index is 295. The molecule has 0 heterocycles. The molecule has 0 saturated carbocycles. The van der Waals surface area contributed by atoms with E-state index in [2.05, 4.69) is 4.74 Å². The van der Waals surface area contributed by atoms with Gasteiger partial charge in [0.05, 0.1) is 7.11 Å². The number of hydrogen-bond acceptors (Lipinski definition) is 3. The third-order valence-electron chi connectivity index (χ3n) is 2.26. The highest BCUT2D eigenvalue weighted by Crippen LogP contribution is 2.07. The van der Waals surface area contributed by atoms with E-state index in [1.165, 1.54) is 12.7 Å². The Labute approximate surface area is 89.7 Å². The van der Waals surface area contributed by atoms with Crippen LogP contribution in [-0.2, 0) is 16.0 Å². The van der Waals surface area contributed by atoms with Crippen molar-refractivity contribution in [3.05, 3.63) is 35.9 Å². The van der Waals surface area contributed by atoms with Crippen molar-refractivity contribution in [1.82, 2.24) is 0 Å². The maximum atomic E-state index is 10.9. The Morgan fingerprint density at radius 3 is 2.67 bits per heavy atom.